The first kappa shape index (κ1) is 24.0. The van der Waals surface area contributed by atoms with E-state index in [2.05, 4.69) is 15.2 Å². The van der Waals surface area contributed by atoms with Gasteiger partial charge in [-0.1, -0.05) is 12.1 Å². The van der Waals surface area contributed by atoms with Crippen molar-refractivity contribution in [3.05, 3.63) is 29.8 Å². The number of phenols is 1. The van der Waals surface area contributed by atoms with Gasteiger partial charge in [0.05, 0.1) is 6.10 Å². The summed E-state index contributed by atoms with van der Waals surface area (Å²) in [7, 11) is 3.57. The molecule has 1 saturated heterocycles. The second-order valence-electron chi connectivity index (χ2n) is 6.65. The Bertz CT molecular complexity index is 532. The molecule has 0 amide bonds. The van der Waals surface area contributed by atoms with Crippen LogP contribution in [0, 0.1) is 0 Å². The number of halogens is 1. The molecule has 2 N–H and O–H groups in total. The van der Waals surface area contributed by atoms with Crippen molar-refractivity contribution in [2.24, 2.45) is 4.99 Å². The van der Waals surface area contributed by atoms with Gasteiger partial charge in [0.15, 0.2) is 5.96 Å². The van der Waals surface area contributed by atoms with Gasteiger partial charge in [-0.2, -0.15) is 0 Å². The summed E-state index contributed by atoms with van der Waals surface area (Å²) >= 11 is 0. The normalized spacial score (nSPS) is 15.5. The molecule has 1 aliphatic rings. The van der Waals surface area contributed by atoms with E-state index in [1.807, 2.05) is 19.2 Å². The summed E-state index contributed by atoms with van der Waals surface area (Å²) in [4.78, 5) is 6.74. The molecule has 0 aliphatic carbocycles. The molecule has 1 heterocycles. The highest BCUT2D eigenvalue weighted by molar-refractivity contribution is 14.0. The molecular weight excluding hydrogens is 457 g/mol. The largest absolute Gasteiger partial charge is 0.508 e. The second-order valence-corrected chi connectivity index (χ2v) is 6.65. The highest BCUT2D eigenvalue weighted by Crippen LogP contribution is 2.14. The number of nitrogens with zero attached hydrogens (tertiary/aromatic N) is 2. The van der Waals surface area contributed by atoms with Crippen LogP contribution in [0.4, 0.5) is 0 Å². The summed E-state index contributed by atoms with van der Waals surface area (Å²) in [5.41, 5.74) is 1.24. The van der Waals surface area contributed by atoms with Crippen LogP contribution in [0.15, 0.2) is 29.3 Å². The molecule has 0 bridgehead atoms. The summed E-state index contributed by atoms with van der Waals surface area (Å²) < 4.78 is 11.0. The Balaban J connectivity index is 0.00000364. The molecule has 27 heavy (non-hydrogen) atoms. The maximum atomic E-state index is 9.32. The number of piperidine rings is 1. The van der Waals surface area contributed by atoms with Crippen LogP contribution in [0.5, 0.6) is 5.75 Å². The predicted octanol–water partition coefficient (Wildman–Crippen LogP) is 3.04. The van der Waals surface area contributed by atoms with Gasteiger partial charge in [0, 0.05) is 47.0 Å². The van der Waals surface area contributed by atoms with Crippen LogP contribution in [0.25, 0.3) is 0 Å². The first-order valence-corrected chi connectivity index (χ1v) is 9.57. The van der Waals surface area contributed by atoms with E-state index < -0.39 is 0 Å². The number of aliphatic imine (C=N–C) groups is 1. The quantitative estimate of drug-likeness (QED) is 0.241. The number of phenolic OH excluding ortho intramolecular Hbond substituents is 1. The Kier molecular flexibility index (Phi) is 12.4. The molecule has 1 aromatic carbocycles. The average Bonchev–Trinajstić information content (AvgIpc) is 2.67. The summed E-state index contributed by atoms with van der Waals surface area (Å²) in [6.45, 7) is 4.39. The molecule has 0 spiro atoms. The molecule has 0 unspecified atom stereocenters. The van der Waals surface area contributed by atoms with Crippen molar-refractivity contribution in [2.75, 3.05) is 47.0 Å². The molecular formula is C20H34IN3O3. The molecule has 0 saturated carbocycles. The topological polar surface area (TPSA) is 66.3 Å². The predicted molar refractivity (Wildman–Crippen MR) is 120 cm³/mol. The van der Waals surface area contributed by atoms with Gasteiger partial charge in [-0.15, -0.1) is 24.0 Å². The summed E-state index contributed by atoms with van der Waals surface area (Å²) in [6.07, 6.45) is 5.42. The van der Waals surface area contributed by atoms with E-state index in [9.17, 15) is 5.11 Å². The standard InChI is InChI=1S/C20H33N3O3.HI/c1-21-20(22-12-3-5-17-6-8-18(24)9-7-17)23-13-10-19(11-14-23)26-16-4-15-25-2;/h6-9,19,24H,3-5,10-16H2,1-2H3,(H,21,22);1H. The number of ether oxygens (including phenoxy) is 2. The lowest BCUT2D eigenvalue weighted by atomic mass is 10.1. The number of guanidine groups is 1. The molecule has 1 aliphatic heterocycles. The highest BCUT2D eigenvalue weighted by atomic mass is 127. The lowest BCUT2D eigenvalue weighted by molar-refractivity contribution is 0.00991. The van der Waals surface area contributed by atoms with Crippen molar-refractivity contribution in [1.29, 1.82) is 0 Å². The van der Waals surface area contributed by atoms with E-state index in [0.717, 1.165) is 70.9 Å². The fraction of sp³-hybridized carbons (Fsp3) is 0.650. The van der Waals surface area contributed by atoms with E-state index in [1.165, 1.54) is 5.56 Å². The van der Waals surface area contributed by atoms with Crippen LogP contribution >= 0.6 is 24.0 Å². The SMILES string of the molecule is CN=C(NCCCc1ccc(O)cc1)N1CCC(OCCCOC)CC1.I. The minimum Gasteiger partial charge on any atom is -0.508 e. The number of aromatic hydroxyl groups is 1. The third-order valence-corrected chi connectivity index (χ3v) is 4.66. The minimum absolute atomic E-state index is 0. The third-order valence-electron chi connectivity index (χ3n) is 4.66. The number of methoxy groups -OCH3 is 1. The van der Waals surface area contributed by atoms with E-state index in [4.69, 9.17) is 9.47 Å². The van der Waals surface area contributed by atoms with Crippen molar-refractivity contribution >= 4 is 29.9 Å². The lowest BCUT2D eigenvalue weighted by Gasteiger charge is -2.34. The number of hydrogen-bond donors (Lipinski definition) is 2. The van der Waals surface area contributed by atoms with Crippen molar-refractivity contribution in [3.63, 3.8) is 0 Å². The molecule has 1 aromatic rings. The molecule has 0 aromatic heterocycles. The van der Waals surface area contributed by atoms with Gasteiger partial charge in [0.1, 0.15) is 5.75 Å². The number of hydrogen-bond acceptors (Lipinski definition) is 4. The summed E-state index contributed by atoms with van der Waals surface area (Å²) in [5, 5.41) is 12.8. The van der Waals surface area contributed by atoms with E-state index >= 15 is 0 Å². The molecule has 2 rings (SSSR count). The van der Waals surface area contributed by atoms with Crippen molar-refractivity contribution < 1.29 is 14.6 Å². The highest BCUT2D eigenvalue weighted by Gasteiger charge is 2.21. The molecule has 7 heteroatoms. The fourth-order valence-electron chi connectivity index (χ4n) is 3.18. The maximum absolute atomic E-state index is 9.32. The molecule has 0 radical (unpaired) electrons. The van der Waals surface area contributed by atoms with E-state index in [0.29, 0.717) is 11.9 Å². The van der Waals surface area contributed by atoms with Gasteiger partial charge >= 0.3 is 0 Å². The third kappa shape index (κ3) is 9.12. The number of likely N-dealkylation sites (tertiary alicyclic amines) is 1. The Hall–Kier alpha value is -1.06. The van der Waals surface area contributed by atoms with E-state index in [1.54, 1.807) is 19.2 Å². The number of aryl methyl sites for hydroxylation is 1. The smallest absolute Gasteiger partial charge is 0.193 e. The van der Waals surface area contributed by atoms with Gasteiger partial charge < -0.3 is 24.8 Å². The Morgan fingerprint density at radius 2 is 1.89 bits per heavy atom. The summed E-state index contributed by atoms with van der Waals surface area (Å²) in [6, 6.07) is 7.43. The monoisotopic (exact) mass is 491 g/mol. The number of benzene rings is 1. The van der Waals surface area contributed by atoms with Gasteiger partial charge in [-0.3, -0.25) is 4.99 Å². The van der Waals surface area contributed by atoms with Crippen LogP contribution in [-0.4, -0.2) is 69.1 Å². The molecule has 6 nitrogen and oxygen atoms in total. The molecule has 1 fully saturated rings. The molecule has 154 valence electrons. The van der Waals surface area contributed by atoms with Crippen LogP contribution in [0.3, 0.4) is 0 Å². The number of rotatable bonds is 9. The minimum atomic E-state index is 0. The first-order chi connectivity index (χ1) is 12.7. The van der Waals surface area contributed by atoms with E-state index in [-0.39, 0.29) is 24.0 Å². The maximum Gasteiger partial charge on any atom is 0.193 e. The van der Waals surface area contributed by atoms with Gasteiger partial charge in [0.25, 0.3) is 0 Å². The second kappa shape index (κ2) is 14.0. The van der Waals surface area contributed by atoms with Crippen molar-refractivity contribution in [2.45, 2.75) is 38.2 Å². The van der Waals surface area contributed by atoms with Gasteiger partial charge in [-0.25, -0.2) is 0 Å². The Morgan fingerprint density at radius 1 is 1.19 bits per heavy atom. The van der Waals surface area contributed by atoms with Crippen LogP contribution < -0.4 is 5.32 Å². The average molecular weight is 491 g/mol. The summed E-state index contributed by atoms with van der Waals surface area (Å²) in [5.74, 6) is 1.30. The zero-order valence-corrected chi connectivity index (χ0v) is 18.9. The van der Waals surface area contributed by atoms with Crippen molar-refractivity contribution in [1.82, 2.24) is 10.2 Å². The van der Waals surface area contributed by atoms with Crippen LogP contribution in [-0.2, 0) is 15.9 Å². The van der Waals surface area contributed by atoms with Crippen molar-refractivity contribution in [3.8, 4) is 5.75 Å². The van der Waals surface area contributed by atoms with Gasteiger partial charge in [-0.05, 0) is 49.8 Å². The zero-order chi connectivity index (χ0) is 18.6. The number of nitrogens with one attached hydrogen (secondary N) is 1. The first-order valence-electron chi connectivity index (χ1n) is 9.57. The van der Waals surface area contributed by atoms with Crippen LogP contribution in [0.2, 0.25) is 0 Å². The van der Waals surface area contributed by atoms with Gasteiger partial charge in [0.2, 0.25) is 0 Å². The van der Waals surface area contributed by atoms with Crippen LogP contribution in [0.1, 0.15) is 31.2 Å². The zero-order valence-electron chi connectivity index (χ0n) is 16.5. The lowest BCUT2D eigenvalue weighted by Crippen LogP contribution is -2.47. The molecule has 0 atom stereocenters. The Morgan fingerprint density at radius 3 is 2.52 bits per heavy atom. The fourth-order valence-corrected chi connectivity index (χ4v) is 3.18. The Labute approximate surface area is 180 Å².